The lowest BCUT2D eigenvalue weighted by Crippen LogP contribution is -2.24. The molecule has 0 spiro atoms. The van der Waals surface area contributed by atoms with Gasteiger partial charge < -0.3 is 14.7 Å². The molecule has 0 amide bonds. The fourth-order valence-corrected chi connectivity index (χ4v) is 1.85. The van der Waals surface area contributed by atoms with Gasteiger partial charge >= 0.3 is 5.97 Å². The van der Waals surface area contributed by atoms with Gasteiger partial charge in [-0.1, -0.05) is 17.7 Å². The number of halogens is 1. The van der Waals surface area contributed by atoms with Gasteiger partial charge in [-0.25, -0.2) is 4.79 Å². The van der Waals surface area contributed by atoms with E-state index >= 15 is 0 Å². The maximum Gasteiger partial charge on any atom is 0.337 e. The first-order chi connectivity index (χ1) is 8.07. The zero-order valence-corrected chi connectivity index (χ0v) is 10.7. The fourth-order valence-electron chi connectivity index (χ4n) is 1.53. The third-order valence-corrected chi connectivity index (χ3v) is 2.68. The first kappa shape index (κ1) is 13.8. The minimum absolute atomic E-state index is 0.205. The molecule has 0 aliphatic heterocycles. The fraction of sp³-hybridized carbons (Fsp3) is 0.417. The Balaban J connectivity index is 2.90. The number of hydrogen-bond donors (Lipinski definition) is 1. The van der Waals surface area contributed by atoms with Crippen LogP contribution in [0.25, 0.3) is 0 Å². The number of anilines is 1. The van der Waals surface area contributed by atoms with Crippen LogP contribution in [0.3, 0.4) is 0 Å². The van der Waals surface area contributed by atoms with Crippen LogP contribution in [0.5, 0.6) is 0 Å². The molecular weight excluding hydrogens is 242 g/mol. The van der Waals surface area contributed by atoms with Gasteiger partial charge in [-0.3, -0.25) is 0 Å². The molecule has 5 heteroatoms. The summed E-state index contributed by atoms with van der Waals surface area (Å²) in [7, 11) is 1.80. The average molecular weight is 258 g/mol. The van der Waals surface area contributed by atoms with Crippen LogP contribution >= 0.6 is 11.6 Å². The van der Waals surface area contributed by atoms with Crippen molar-refractivity contribution in [3.05, 3.63) is 28.8 Å². The Labute approximate surface area is 106 Å². The molecule has 0 aromatic heterocycles. The molecule has 0 fully saturated rings. The summed E-state index contributed by atoms with van der Waals surface area (Å²) < 4.78 is 5.23. The number of para-hydroxylation sites is 1. The highest BCUT2D eigenvalue weighted by molar-refractivity contribution is 6.34. The second kappa shape index (κ2) is 6.47. The maximum absolute atomic E-state index is 11.1. The number of nitrogens with zero attached hydrogens (tertiary/aromatic N) is 1. The highest BCUT2D eigenvalue weighted by Gasteiger charge is 2.16. The first-order valence-electron chi connectivity index (χ1n) is 5.38. The molecule has 17 heavy (non-hydrogen) atoms. The quantitative estimate of drug-likeness (QED) is 0.796. The van der Waals surface area contributed by atoms with Crippen molar-refractivity contribution in [3.8, 4) is 0 Å². The van der Waals surface area contributed by atoms with Crippen LogP contribution in [0.1, 0.15) is 17.3 Å². The van der Waals surface area contributed by atoms with E-state index < -0.39 is 5.97 Å². The molecule has 0 radical (unpaired) electrons. The van der Waals surface area contributed by atoms with E-state index in [4.69, 9.17) is 21.4 Å². The van der Waals surface area contributed by atoms with Gasteiger partial charge in [-0.05, 0) is 19.1 Å². The minimum atomic E-state index is -0.981. The van der Waals surface area contributed by atoms with Crippen LogP contribution in [0, 0.1) is 0 Å². The van der Waals surface area contributed by atoms with E-state index in [0.29, 0.717) is 30.5 Å². The predicted octanol–water partition coefficient (Wildman–Crippen LogP) is 2.51. The van der Waals surface area contributed by atoms with Crippen molar-refractivity contribution in [1.82, 2.24) is 0 Å². The van der Waals surface area contributed by atoms with Crippen LogP contribution in [0.15, 0.2) is 18.2 Å². The van der Waals surface area contributed by atoms with Gasteiger partial charge in [0.2, 0.25) is 0 Å². The molecule has 0 aliphatic rings. The third-order valence-electron chi connectivity index (χ3n) is 2.37. The number of rotatable bonds is 6. The SMILES string of the molecule is CCOCCN(C)c1c(Cl)cccc1C(=O)O. The molecule has 1 aromatic carbocycles. The lowest BCUT2D eigenvalue weighted by Gasteiger charge is -2.22. The zero-order chi connectivity index (χ0) is 12.8. The molecule has 0 heterocycles. The van der Waals surface area contributed by atoms with Crippen LogP contribution in [-0.4, -0.2) is 37.9 Å². The predicted molar refractivity (Wildman–Crippen MR) is 68.2 cm³/mol. The van der Waals surface area contributed by atoms with Crippen LogP contribution < -0.4 is 4.90 Å². The Morgan fingerprint density at radius 2 is 2.24 bits per heavy atom. The second-order valence-electron chi connectivity index (χ2n) is 3.56. The van der Waals surface area contributed by atoms with Gasteiger partial charge in [0, 0.05) is 20.2 Å². The molecule has 0 atom stereocenters. The van der Waals surface area contributed by atoms with Gasteiger partial charge in [-0.2, -0.15) is 0 Å². The highest BCUT2D eigenvalue weighted by Crippen LogP contribution is 2.28. The Morgan fingerprint density at radius 3 is 2.82 bits per heavy atom. The summed E-state index contributed by atoms with van der Waals surface area (Å²) in [6.07, 6.45) is 0. The molecule has 0 unspecified atom stereocenters. The van der Waals surface area contributed by atoms with Gasteiger partial charge in [-0.15, -0.1) is 0 Å². The lowest BCUT2D eigenvalue weighted by molar-refractivity contribution is 0.0697. The molecule has 0 saturated carbocycles. The van der Waals surface area contributed by atoms with E-state index in [0.717, 1.165) is 0 Å². The van der Waals surface area contributed by atoms with E-state index in [-0.39, 0.29) is 5.56 Å². The number of hydrogen-bond acceptors (Lipinski definition) is 3. The number of benzene rings is 1. The van der Waals surface area contributed by atoms with Gasteiger partial charge in [0.05, 0.1) is 22.9 Å². The normalized spacial score (nSPS) is 10.3. The Bertz CT molecular complexity index is 395. The number of carboxylic acids is 1. The molecular formula is C12H16ClNO3. The van der Waals surface area contributed by atoms with E-state index in [9.17, 15) is 4.79 Å². The van der Waals surface area contributed by atoms with Gasteiger partial charge in [0.1, 0.15) is 0 Å². The molecule has 1 N–H and O–H groups in total. The Kier molecular flexibility index (Phi) is 5.25. The number of ether oxygens (including phenoxy) is 1. The number of carbonyl (C=O) groups is 1. The minimum Gasteiger partial charge on any atom is -0.478 e. The number of aromatic carboxylic acids is 1. The van der Waals surface area contributed by atoms with Crippen molar-refractivity contribution >= 4 is 23.3 Å². The van der Waals surface area contributed by atoms with Crippen molar-refractivity contribution in [2.45, 2.75) is 6.92 Å². The molecule has 0 bridgehead atoms. The van der Waals surface area contributed by atoms with Gasteiger partial charge in [0.15, 0.2) is 0 Å². The molecule has 4 nitrogen and oxygen atoms in total. The van der Waals surface area contributed by atoms with Crippen LogP contribution in [-0.2, 0) is 4.74 Å². The largest absolute Gasteiger partial charge is 0.478 e. The van der Waals surface area contributed by atoms with Crippen molar-refractivity contribution in [2.75, 3.05) is 31.7 Å². The van der Waals surface area contributed by atoms with Crippen molar-refractivity contribution < 1.29 is 14.6 Å². The van der Waals surface area contributed by atoms with E-state index in [1.165, 1.54) is 0 Å². The number of carboxylic acid groups (broad SMARTS) is 1. The Morgan fingerprint density at radius 1 is 1.53 bits per heavy atom. The summed E-state index contributed by atoms with van der Waals surface area (Å²) in [6.45, 7) is 3.69. The average Bonchev–Trinajstić information content (AvgIpc) is 2.28. The summed E-state index contributed by atoms with van der Waals surface area (Å²) in [5.74, 6) is -0.981. The molecule has 1 aromatic rings. The van der Waals surface area contributed by atoms with Gasteiger partial charge in [0.25, 0.3) is 0 Å². The molecule has 94 valence electrons. The monoisotopic (exact) mass is 257 g/mol. The summed E-state index contributed by atoms with van der Waals surface area (Å²) in [6, 6.07) is 4.85. The first-order valence-corrected chi connectivity index (χ1v) is 5.76. The van der Waals surface area contributed by atoms with Crippen LogP contribution in [0.2, 0.25) is 5.02 Å². The highest BCUT2D eigenvalue weighted by atomic mass is 35.5. The smallest absolute Gasteiger partial charge is 0.337 e. The summed E-state index contributed by atoms with van der Waals surface area (Å²) in [5, 5.41) is 9.53. The maximum atomic E-state index is 11.1. The topological polar surface area (TPSA) is 49.8 Å². The lowest BCUT2D eigenvalue weighted by atomic mass is 10.1. The third kappa shape index (κ3) is 3.61. The molecule has 0 saturated heterocycles. The molecule has 0 aliphatic carbocycles. The van der Waals surface area contributed by atoms with Crippen molar-refractivity contribution in [2.24, 2.45) is 0 Å². The zero-order valence-electron chi connectivity index (χ0n) is 9.94. The standard InChI is InChI=1S/C12H16ClNO3/c1-3-17-8-7-14(2)11-9(12(15)16)5-4-6-10(11)13/h4-6H,3,7-8H2,1-2H3,(H,15,16). The second-order valence-corrected chi connectivity index (χ2v) is 3.97. The van der Waals surface area contributed by atoms with Crippen molar-refractivity contribution in [1.29, 1.82) is 0 Å². The summed E-state index contributed by atoms with van der Waals surface area (Å²) >= 11 is 6.04. The Hall–Kier alpha value is -1.26. The molecule has 1 rings (SSSR count). The van der Waals surface area contributed by atoms with Crippen LogP contribution in [0.4, 0.5) is 5.69 Å². The van der Waals surface area contributed by atoms with Crippen molar-refractivity contribution in [3.63, 3.8) is 0 Å². The number of likely N-dealkylation sites (N-methyl/N-ethyl adjacent to an activating group) is 1. The van der Waals surface area contributed by atoms with E-state index in [2.05, 4.69) is 0 Å². The van der Waals surface area contributed by atoms with E-state index in [1.807, 2.05) is 6.92 Å². The van der Waals surface area contributed by atoms with E-state index in [1.54, 1.807) is 30.1 Å². The summed E-state index contributed by atoms with van der Waals surface area (Å²) in [5.41, 5.74) is 0.734. The summed E-state index contributed by atoms with van der Waals surface area (Å²) in [4.78, 5) is 12.9.